The summed E-state index contributed by atoms with van der Waals surface area (Å²) in [5, 5.41) is 8.78. The molecule has 0 saturated carbocycles. The average Bonchev–Trinajstić information content (AvgIpc) is 2.36. The maximum atomic E-state index is 8.78. The Morgan fingerprint density at radius 3 is 2.53 bits per heavy atom. The highest BCUT2D eigenvalue weighted by Gasteiger charge is 2.06. The molecule has 1 unspecified atom stereocenters. The molecule has 0 aromatic carbocycles. The van der Waals surface area contributed by atoms with Crippen LogP contribution in [0, 0.1) is 5.92 Å². The summed E-state index contributed by atoms with van der Waals surface area (Å²) in [6, 6.07) is 0. The summed E-state index contributed by atoms with van der Waals surface area (Å²) in [6.07, 6.45) is 8.33. The molecule has 1 atom stereocenters. The fourth-order valence-corrected chi connectivity index (χ4v) is 1.43. The van der Waals surface area contributed by atoms with Crippen LogP contribution in [0.2, 0.25) is 0 Å². The zero-order chi connectivity index (χ0) is 13.1. The standard InChI is InChI=1S/C15H26O2/c1-5-7-8-15(6-2)12-17-14(4)10-9-13(3)11-16/h9-10,15-16H,3-8,11-12H2,1-2H3/b10-9-. The second-order valence-electron chi connectivity index (χ2n) is 4.34. The average molecular weight is 238 g/mol. The van der Waals surface area contributed by atoms with E-state index in [1.54, 1.807) is 12.2 Å². The summed E-state index contributed by atoms with van der Waals surface area (Å²) in [5.41, 5.74) is 0.660. The lowest BCUT2D eigenvalue weighted by molar-refractivity contribution is 0.166. The molecule has 0 rings (SSSR count). The van der Waals surface area contributed by atoms with Crippen LogP contribution in [0.15, 0.2) is 36.6 Å². The van der Waals surface area contributed by atoms with Gasteiger partial charge in [0.25, 0.3) is 0 Å². The second-order valence-corrected chi connectivity index (χ2v) is 4.34. The van der Waals surface area contributed by atoms with Crippen LogP contribution in [0.5, 0.6) is 0 Å². The van der Waals surface area contributed by atoms with Crippen molar-refractivity contribution in [2.75, 3.05) is 13.2 Å². The highest BCUT2D eigenvalue weighted by atomic mass is 16.5. The molecule has 0 aromatic rings. The van der Waals surface area contributed by atoms with Gasteiger partial charge >= 0.3 is 0 Å². The predicted molar refractivity (Wildman–Crippen MR) is 73.8 cm³/mol. The summed E-state index contributed by atoms with van der Waals surface area (Å²) in [4.78, 5) is 0. The van der Waals surface area contributed by atoms with E-state index in [0.717, 1.165) is 13.0 Å². The number of ether oxygens (including phenoxy) is 1. The van der Waals surface area contributed by atoms with Crippen LogP contribution < -0.4 is 0 Å². The smallest absolute Gasteiger partial charge is 0.112 e. The highest BCUT2D eigenvalue weighted by molar-refractivity contribution is 5.21. The van der Waals surface area contributed by atoms with Crippen molar-refractivity contribution in [2.45, 2.75) is 39.5 Å². The normalized spacial score (nSPS) is 12.6. The Morgan fingerprint density at radius 2 is 2.00 bits per heavy atom. The van der Waals surface area contributed by atoms with Gasteiger partial charge in [-0.15, -0.1) is 0 Å². The Morgan fingerprint density at radius 1 is 1.29 bits per heavy atom. The third kappa shape index (κ3) is 8.75. The number of aliphatic hydroxyl groups excluding tert-OH is 1. The van der Waals surface area contributed by atoms with Crippen LogP contribution in [0.25, 0.3) is 0 Å². The summed E-state index contributed by atoms with van der Waals surface area (Å²) in [5.74, 6) is 1.25. The Balaban J connectivity index is 3.88. The van der Waals surface area contributed by atoms with E-state index in [0.29, 0.717) is 17.3 Å². The third-order valence-corrected chi connectivity index (χ3v) is 2.76. The predicted octanol–water partition coefficient (Wildman–Crippen LogP) is 3.84. The van der Waals surface area contributed by atoms with Crippen molar-refractivity contribution in [3.8, 4) is 0 Å². The number of hydrogen-bond donors (Lipinski definition) is 1. The van der Waals surface area contributed by atoms with E-state index in [4.69, 9.17) is 9.84 Å². The Labute approximate surface area is 106 Å². The van der Waals surface area contributed by atoms with E-state index in [-0.39, 0.29) is 6.61 Å². The number of hydrogen-bond acceptors (Lipinski definition) is 2. The van der Waals surface area contributed by atoms with Crippen molar-refractivity contribution >= 4 is 0 Å². The zero-order valence-electron chi connectivity index (χ0n) is 11.2. The monoisotopic (exact) mass is 238 g/mol. The first-order chi connectivity index (χ1) is 8.13. The van der Waals surface area contributed by atoms with Gasteiger partial charge in [0, 0.05) is 0 Å². The minimum absolute atomic E-state index is 0.0299. The van der Waals surface area contributed by atoms with Gasteiger partial charge in [-0.3, -0.25) is 0 Å². The van der Waals surface area contributed by atoms with E-state index in [1.807, 2.05) is 0 Å². The van der Waals surface area contributed by atoms with Crippen molar-refractivity contribution in [3.05, 3.63) is 36.6 Å². The molecule has 98 valence electrons. The molecule has 2 nitrogen and oxygen atoms in total. The van der Waals surface area contributed by atoms with Gasteiger partial charge < -0.3 is 9.84 Å². The molecule has 0 bridgehead atoms. The summed E-state index contributed by atoms with van der Waals surface area (Å²) >= 11 is 0. The molecule has 0 aliphatic heterocycles. The zero-order valence-corrected chi connectivity index (χ0v) is 11.2. The van der Waals surface area contributed by atoms with Gasteiger partial charge in [-0.25, -0.2) is 0 Å². The van der Waals surface area contributed by atoms with Crippen molar-refractivity contribution in [1.29, 1.82) is 0 Å². The summed E-state index contributed by atoms with van der Waals surface area (Å²) < 4.78 is 5.58. The fourth-order valence-electron chi connectivity index (χ4n) is 1.43. The first-order valence-electron chi connectivity index (χ1n) is 6.42. The van der Waals surface area contributed by atoms with E-state index in [9.17, 15) is 0 Å². The van der Waals surface area contributed by atoms with Crippen molar-refractivity contribution in [2.24, 2.45) is 5.92 Å². The van der Waals surface area contributed by atoms with Gasteiger partial charge in [0.1, 0.15) is 5.76 Å². The third-order valence-electron chi connectivity index (χ3n) is 2.76. The molecule has 0 fully saturated rings. The lowest BCUT2D eigenvalue weighted by Gasteiger charge is -2.15. The molecular weight excluding hydrogens is 212 g/mol. The van der Waals surface area contributed by atoms with Gasteiger partial charge in [0.05, 0.1) is 13.2 Å². The first-order valence-corrected chi connectivity index (χ1v) is 6.42. The van der Waals surface area contributed by atoms with Crippen LogP contribution in [-0.4, -0.2) is 18.3 Å². The van der Waals surface area contributed by atoms with Crippen molar-refractivity contribution in [3.63, 3.8) is 0 Å². The van der Waals surface area contributed by atoms with Crippen LogP contribution in [0.4, 0.5) is 0 Å². The minimum atomic E-state index is -0.0299. The Bertz CT molecular complexity index is 254. The van der Waals surface area contributed by atoms with Crippen molar-refractivity contribution in [1.82, 2.24) is 0 Å². The van der Waals surface area contributed by atoms with E-state index >= 15 is 0 Å². The molecule has 0 heterocycles. The van der Waals surface area contributed by atoms with Gasteiger partial charge in [0.15, 0.2) is 0 Å². The lowest BCUT2D eigenvalue weighted by Crippen LogP contribution is -2.08. The molecule has 17 heavy (non-hydrogen) atoms. The molecule has 0 aliphatic rings. The lowest BCUT2D eigenvalue weighted by atomic mass is 10.0. The van der Waals surface area contributed by atoms with Crippen LogP contribution in [-0.2, 0) is 4.74 Å². The topological polar surface area (TPSA) is 29.5 Å². The van der Waals surface area contributed by atoms with Gasteiger partial charge in [-0.05, 0) is 24.0 Å². The van der Waals surface area contributed by atoms with E-state index in [1.165, 1.54) is 19.3 Å². The van der Waals surface area contributed by atoms with Gasteiger partial charge in [-0.1, -0.05) is 52.3 Å². The molecule has 1 N–H and O–H groups in total. The summed E-state index contributed by atoms with van der Waals surface area (Å²) in [6.45, 7) is 12.6. The number of allylic oxidation sites excluding steroid dienone is 1. The number of aliphatic hydroxyl groups is 1. The fraction of sp³-hybridized carbons (Fsp3) is 0.600. The Kier molecular flexibility index (Phi) is 9.55. The SMILES string of the molecule is C=C(/C=C\C(=C)OCC(CC)CCCC)CO. The molecule has 0 amide bonds. The number of unbranched alkanes of at least 4 members (excludes halogenated alkanes) is 1. The van der Waals surface area contributed by atoms with Crippen molar-refractivity contribution < 1.29 is 9.84 Å². The van der Waals surface area contributed by atoms with Crippen LogP contribution in [0.3, 0.4) is 0 Å². The van der Waals surface area contributed by atoms with E-state index in [2.05, 4.69) is 27.0 Å². The molecule has 0 aliphatic carbocycles. The molecule has 0 spiro atoms. The quantitative estimate of drug-likeness (QED) is 0.463. The Hall–Kier alpha value is -1.02. The highest BCUT2D eigenvalue weighted by Crippen LogP contribution is 2.14. The van der Waals surface area contributed by atoms with Crippen LogP contribution in [0.1, 0.15) is 39.5 Å². The molecule has 0 saturated heterocycles. The molecule has 0 aromatic heterocycles. The summed E-state index contributed by atoms with van der Waals surface area (Å²) in [7, 11) is 0. The molecule has 0 radical (unpaired) electrons. The van der Waals surface area contributed by atoms with Crippen LogP contribution >= 0.6 is 0 Å². The van der Waals surface area contributed by atoms with Gasteiger partial charge in [0.2, 0.25) is 0 Å². The van der Waals surface area contributed by atoms with Gasteiger partial charge in [-0.2, -0.15) is 0 Å². The maximum absolute atomic E-state index is 8.78. The molecular formula is C15H26O2. The second kappa shape index (κ2) is 10.2. The molecule has 2 heteroatoms. The maximum Gasteiger partial charge on any atom is 0.112 e. The number of rotatable bonds is 10. The largest absolute Gasteiger partial charge is 0.494 e. The minimum Gasteiger partial charge on any atom is -0.494 e. The first kappa shape index (κ1) is 16.0. The van der Waals surface area contributed by atoms with E-state index < -0.39 is 0 Å².